The maximum absolute atomic E-state index is 11.4. The number of methoxy groups -OCH3 is 1. The summed E-state index contributed by atoms with van der Waals surface area (Å²) >= 11 is 0. The molecule has 0 bridgehead atoms. The molecule has 1 aliphatic rings. The van der Waals surface area contributed by atoms with Gasteiger partial charge in [-0.3, -0.25) is 4.79 Å². The van der Waals surface area contributed by atoms with Crippen LogP contribution >= 0.6 is 0 Å². The Morgan fingerprint density at radius 2 is 1.60 bits per heavy atom. The Hall–Kier alpha value is -0.690. The van der Waals surface area contributed by atoms with Crippen LogP contribution in [0.1, 0.15) is 26.2 Å². The van der Waals surface area contributed by atoms with Gasteiger partial charge in [0.2, 0.25) is 5.91 Å². The minimum absolute atomic E-state index is 0.102. The van der Waals surface area contributed by atoms with Gasteiger partial charge in [0.1, 0.15) is 12.8 Å². The topological polar surface area (TPSA) is 57.0 Å². The number of hydrogen-bond acceptors (Lipinski definition) is 5. The molecule has 0 saturated carbocycles. The van der Waals surface area contributed by atoms with Crippen molar-refractivity contribution in [1.82, 2.24) is 4.90 Å². The van der Waals surface area contributed by atoms with Crippen LogP contribution < -0.4 is 0 Å². The van der Waals surface area contributed by atoms with Gasteiger partial charge in [-0.25, -0.2) is 0 Å². The van der Waals surface area contributed by atoms with E-state index in [-0.39, 0.29) is 11.9 Å². The zero-order valence-electron chi connectivity index (χ0n) is 12.6. The second kappa shape index (κ2) is 11.0. The standard InChI is InChI=1S/C14H27NO5/c1-3-4-5-13-14(16)15(13)12-20-11-10-19-9-8-18-7-6-17-2/h13H,3-12H2,1-2H3. The molecule has 1 amide bonds. The van der Waals surface area contributed by atoms with E-state index in [0.717, 1.165) is 19.3 Å². The highest BCUT2D eigenvalue weighted by molar-refractivity contribution is 5.96. The number of rotatable bonds is 14. The van der Waals surface area contributed by atoms with Crippen molar-refractivity contribution in [3.8, 4) is 0 Å². The van der Waals surface area contributed by atoms with E-state index in [1.54, 1.807) is 12.0 Å². The molecular weight excluding hydrogens is 262 g/mol. The lowest BCUT2D eigenvalue weighted by atomic mass is 10.2. The predicted molar refractivity (Wildman–Crippen MR) is 74.5 cm³/mol. The molecule has 6 heteroatoms. The zero-order valence-corrected chi connectivity index (χ0v) is 12.6. The third-order valence-corrected chi connectivity index (χ3v) is 3.11. The third-order valence-electron chi connectivity index (χ3n) is 3.11. The van der Waals surface area contributed by atoms with Gasteiger partial charge in [0.25, 0.3) is 0 Å². The van der Waals surface area contributed by atoms with E-state index in [1.165, 1.54) is 0 Å². The average Bonchev–Trinajstić information content (AvgIpc) is 3.07. The first-order valence-corrected chi connectivity index (χ1v) is 7.34. The van der Waals surface area contributed by atoms with Crippen molar-refractivity contribution in [2.24, 2.45) is 0 Å². The van der Waals surface area contributed by atoms with Gasteiger partial charge in [-0.1, -0.05) is 19.8 Å². The van der Waals surface area contributed by atoms with Crippen molar-refractivity contribution in [1.29, 1.82) is 0 Å². The normalized spacial score (nSPS) is 17.8. The summed E-state index contributed by atoms with van der Waals surface area (Å²) in [5.41, 5.74) is 0. The van der Waals surface area contributed by atoms with Crippen LogP contribution in [0, 0.1) is 0 Å². The van der Waals surface area contributed by atoms with Crippen LogP contribution in [0.4, 0.5) is 0 Å². The fourth-order valence-corrected chi connectivity index (χ4v) is 1.83. The summed E-state index contributed by atoms with van der Waals surface area (Å²) in [5, 5.41) is 0. The summed E-state index contributed by atoms with van der Waals surface area (Å²) in [6.07, 6.45) is 3.17. The highest BCUT2D eigenvalue weighted by Gasteiger charge is 2.44. The lowest BCUT2D eigenvalue weighted by Gasteiger charge is -2.07. The van der Waals surface area contributed by atoms with E-state index in [1.807, 2.05) is 0 Å². The Bertz CT molecular complexity index is 262. The molecule has 0 N–H and O–H groups in total. The minimum Gasteiger partial charge on any atom is -0.382 e. The van der Waals surface area contributed by atoms with Gasteiger partial charge in [0, 0.05) is 7.11 Å². The van der Waals surface area contributed by atoms with E-state index < -0.39 is 0 Å². The molecule has 0 spiro atoms. The molecule has 1 fully saturated rings. The van der Waals surface area contributed by atoms with E-state index in [0.29, 0.717) is 46.4 Å². The molecule has 1 aliphatic heterocycles. The van der Waals surface area contributed by atoms with Crippen LogP contribution in [0.2, 0.25) is 0 Å². The molecule has 0 aromatic heterocycles. The first-order chi connectivity index (χ1) is 9.81. The number of hydrogen-bond donors (Lipinski definition) is 0. The van der Waals surface area contributed by atoms with E-state index in [9.17, 15) is 4.79 Å². The minimum atomic E-state index is 0.102. The Morgan fingerprint density at radius 1 is 1.00 bits per heavy atom. The summed E-state index contributed by atoms with van der Waals surface area (Å²) in [7, 11) is 1.64. The fourth-order valence-electron chi connectivity index (χ4n) is 1.83. The van der Waals surface area contributed by atoms with Crippen molar-refractivity contribution in [3.05, 3.63) is 0 Å². The Kier molecular flexibility index (Phi) is 9.57. The maximum atomic E-state index is 11.4. The van der Waals surface area contributed by atoms with Gasteiger partial charge in [0.05, 0.1) is 39.6 Å². The highest BCUT2D eigenvalue weighted by Crippen LogP contribution is 2.24. The summed E-state index contributed by atoms with van der Waals surface area (Å²) < 4.78 is 20.8. The van der Waals surface area contributed by atoms with E-state index in [2.05, 4.69) is 6.92 Å². The van der Waals surface area contributed by atoms with Crippen molar-refractivity contribution < 1.29 is 23.7 Å². The molecule has 1 rings (SSSR count). The summed E-state index contributed by atoms with van der Waals surface area (Å²) in [6.45, 7) is 5.85. The number of carbonyl (C=O) groups excluding carboxylic acids is 1. The molecule has 1 saturated heterocycles. The lowest BCUT2D eigenvalue weighted by molar-refractivity contribution is -0.115. The summed E-state index contributed by atoms with van der Waals surface area (Å²) in [4.78, 5) is 13.2. The number of unbranched alkanes of at least 4 members (excludes halogenated alkanes) is 1. The van der Waals surface area contributed by atoms with Gasteiger partial charge < -0.3 is 23.8 Å². The molecule has 0 aliphatic carbocycles. The van der Waals surface area contributed by atoms with Crippen molar-refractivity contribution >= 4 is 5.91 Å². The molecule has 0 aromatic rings. The van der Waals surface area contributed by atoms with Gasteiger partial charge in [-0.2, -0.15) is 0 Å². The summed E-state index contributed by atoms with van der Waals surface area (Å²) in [5.74, 6) is 0.214. The third kappa shape index (κ3) is 7.19. The second-order valence-corrected chi connectivity index (χ2v) is 4.72. The second-order valence-electron chi connectivity index (χ2n) is 4.72. The molecule has 0 aromatic carbocycles. The average molecular weight is 289 g/mol. The van der Waals surface area contributed by atoms with Crippen LogP contribution in [0.5, 0.6) is 0 Å². The number of ether oxygens (including phenoxy) is 4. The number of amides is 1. The number of nitrogens with zero attached hydrogens (tertiary/aromatic N) is 1. The van der Waals surface area contributed by atoms with Gasteiger partial charge in [0.15, 0.2) is 0 Å². The van der Waals surface area contributed by atoms with Crippen molar-refractivity contribution in [2.75, 3.05) is 53.5 Å². The van der Waals surface area contributed by atoms with Crippen LogP contribution in [0.3, 0.4) is 0 Å². The van der Waals surface area contributed by atoms with Crippen molar-refractivity contribution in [2.45, 2.75) is 32.2 Å². The fraction of sp³-hybridized carbons (Fsp3) is 0.929. The molecular formula is C14H27NO5. The smallest absolute Gasteiger partial charge is 0.247 e. The molecule has 0 radical (unpaired) electrons. The predicted octanol–water partition coefficient (Wildman–Crippen LogP) is 1.04. The van der Waals surface area contributed by atoms with Crippen LogP contribution in [-0.2, 0) is 23.7 Å². The summed E-state index contributed by atoms with van der Waals surface area (Å²) in [6, 6.07) is 0.102. The monoisotopic (exact) mass is 289 g/mol. The lowest BCUT2D eigenvalue weighted by Crippen LogP contribution is -2.14. The van der Waals surface area contributed by atoms with Gasteiger partial charge in [-0.15, -0.1) is 0 Å². The quantitative estimate of drug-likeness (QED) is 0.353. The molecule has 1 atom stereocenters. The zero-order chi connectivity index (χ0) is 14.6. The van der Waals surface area contributed by atoms with E-state index >= 15 is 0 Å². The Balaban J connectivity index is 1.80. The van der Waals surface area contributed by atoms with Crippen LogP contribution in [0.15, 0.2) is 0 Å². The Morgan fingerprint density at radius 3 is 2.20 bits per heavy atom. The SMILES string of the molecule is CCCCC1C(=O)N1COCCOCCOCCOC. The van der Waals surface area contributed by atoms with Crippen LogP contribution in [-0.4, -0.2) is 70.3 Å². The highest BCUT2D eigenvalue weighted by atomic mass is 16.6. The first-order valence-electron chi connectivity index (χ1n) is 7.34. The molecule has 1 heterocycles. The largest absolute Gasteiger partial charge is 0.382 e. The van der Waals surface area contributed by atoms with Gasteiger partial charge >= 0.3 is 0 Å². The number of carbonyl (C=O) groups is 1. The Labute approximate surface area is 121 Å². The molecule has 6 nitrogen and oxygen atoms in total. The molecule has 20 heavy (non-hydrogen) atoms. The van der Waals surface area contributed by atoms with Crippen LogP contribution in [0.25, 0.3) is 0 Å². The molecule has 118 valence electrons. The molecule has 1 unspecified atom stereocenters. The first kappa shape index (κ1) is 17.4. The van der Waals surface area contributed by atoms with E-state index in [4.69, 9.17) is 18.9 Å². The van der Waals surface area contributed by atoms with Crippen molar-refractivity contribution in [3.63, 3.8) is 0 Å². The van der Waals surface area contributed by atoms with Gasteiger partial charge in [-0.05, 0) is 6.42 Å². The maximum Gasteiger partial charge on any atom is 0.247 e.